The molecule has 0 aliphatic rings. The molecule has 0 radical (unpaired) electrons. The summed E-state index contributed by atoms with van der Waals surface area (Å²) in [6.07, 6.45) is 2.76. The van der Waals surface area contributed by atoms with Crippen molar-refractivity contribution in [3.63, 3.8) is 0 Å². The number of benzene rings is 1. The molecule has 0 saturated carbocycles. The molecule has 21 heavy (non-hydrogen) atoms. The van der Waals surface area contributed by atoms with Gasteiger partial charge in [-0.2, -0.15) is 0 Å². The number of fused-ring (bicyclic) bond motifs is 1. The number of rotatable bonds is 6. The lowest BCUT2D eigenvalue weighted by Crippen LogP contribution is -2.31. The molecule has 0 aliphatic carbocycles. The Bertz CT molecular complexity index is 642. The average molecular weight is 288 g/mol. The van der Waals surface area contributed by atoms with E-state index in [9.17, 15) is 9.59 Å². The van der Waals surface area contributed by atoms with Crippen molar-refractivity contribution in [3.8, 4) is 0 Å². The van der Waals surface area contributed by atoms with E-state index in [4.69, 9.17) is 9.52 Å². The molecule has 0 atom stereocenters. The van der Waals surface area contributed by atoms with Crippen LogP contribution in [0, 0.1) is 0 Å². The Morgan fingerprint density at radius 2 is 2.14 bits per heavy atom. The summed E-state index contributed by atoms with van der Waals surface area (Å²) in [6, 6.07) is 7.32. The van der Waals surface area contributed by atoms with E-state index in [1.165, 1.54) is 17.1 Å². The van der Waals surface area contributed by atoms with E-state index in [1.807, 2.05) is 18.2 Å². The van der Waals surface area contributed by atoms with Crippen LogP contribution in [-0.4, -0.2) is 40.0 Å². The first-order valence-corrected chi connectivity index (χ1v) is 6.64. The summed E-state index contributed by atoms with van der Waals surface area (Å²) < 4.78 is 5.47. The number of para-hydroxylation sites is 2. The number of carboxylic acid groups (broad SMARTS) is 1. The first-order valence-electron chi connectivity index (χ1n) is 6.64. The van der Waals surface area contributed by atoms with Gasteiger partial charge in [-0.3, -0.25) is 9.59 Å². The van der Waals surface area contributed by atoms with Crippen LogP contribution < -0.4 is 0 Å². The van der Waals surface area contributed by atoms with Gasteiger partial charge in [0, 0.05) is 25.2 Å². The molecule has 1 aromatic heterocycles. The highest BCUT2D eigenvalue weighted by Gasteiger charge is 2.10. The van der Waals surface area contributed by atoms with Gasteiger partial charge in [-0.1, -0.05) is 12.1 Å². The lowest BCUT2D eigenvalue weighted by Gasteiger charge is -2.17. The molecular formula is C15H16N2O4. The van der Waals surface area contributed by atoms with Gasteiger partial charge in [0.15, 0.2) is 5.58 Å². The van der Waals surface area contributed by atoms with Gasteiger partial charge in [-0.25, -0.2) is 4.98 Å². The first kappa shape index (κ1) is 14.8. The van der Waals surface area contributed by atoms with Crippen LogP contribution in [-0.2, 0) is 9.59 Å². The van der Waals surface area contributed by atoms with E-state index >= 15 is 0 Å². The molecule has 1 N–H and O–H groups in total. The van der Waals surface area contributed by atoms with E-state index in [-0.39, 0.29) is 18.9 Å². The third-order valence-corrected chi connectivity index (χ3v) is 2.97. The zero-order valence-corrected chi connectivity index (χ0v) is 11.7. The predicted octanol–water partition coefficient (Wildman–Crippen LogP) is 2.16. The molecule has 1 aromatic carbocycles. The van der Waals surface area contributed by atoms with Gasteiger partial charge in [0.25, 0.3) is 0 Å². The number of aromatic nitrogens is 1. The molecule has 1 amide bonds. The van der Waals surface area contributed by atoms with E-state index in [0.29, 0.717) is 18.0 Å². The number of carbonyl (C=O) groups excluding carboxylic acids is 1. The third-order valence-electron chi connectivity index (χ3n) is 2.97. The number of hydrogen-bond donors (Lipinski definition) is 1. The van der Waals surface area contributed by atoms with Crippen LogP contribution in [0.3, 0.4) is 0 Å². The minimum Gasteiger partial charge on any atom is -0.481 e. The number of aliphatic carboxylic acids is 1. The van der Waals surface area contributed by atoms with Gasteiger partial charge in [0.05, 0.1) is 6.42 Å². The Hall–Kier alpha value is -2.63. The predicted molar refractivity (Wildman–Crippen MR) is 77.5 cm³/mol. The van der Waals surface area contributed by atoms with Gasteiger partial charge in [-0.15, -0.1) is 0 Å². The van der Waals surface area contributed by atoms with Crippen molar-refractivity contribution in [2.75, 3.05) is 13.1 Å². The second-order valence-electron chi connectivity index (χ2n) is 4.41. The van der Waals surface area contributed by atoms with Gasteiger partial charge < -0.3 is 14.4 Å². The largest absolute Gasteiger partial charge is 0.481 e. The molecule has 110 valence electrons. The number of oxazole rings is 1. The van der Waals surface area contributed by atoms with Gasteiger partial charge in [0.1, 0.15) is 5.52 Å². The van der Waals surface area contributed by atoms with Crippen LogP contribution in [0.2, 0.25) is 0 Å². The maximum atomic E-state index is 12.0. The molecule has 6 nitrogen and oxygen atoms in total. The van der Waals surface area contributed by atoms with Crippen molar-refractivity contribution in [1.29, 1.82) is 0 Å². The van der Waals surface area contributed by atoms with Crippen LogP contribution in [0.25, 0.3) is 17.2 Å². The number of likely N-dealkylation sites (N-methyl/N-ethyl adjacent to an activating group) is 1. The molecule has 2 aromatic rings. The van der Waals surface area contributed by atoms with Crippen LogP contribution in [0.4, 0.5) is 0 Å². The number of hydrogen-bond acceptors (Lipinski definition) is 4. The molecule has 1 heterocycles. The van der Waals surface area contributed by atoms with E-state index in [2.05, 4.69) is 4.98 Å². The Morgan fingerprint density at radius 1 is 1.38 bits per heavy atom. The van der Waals surface area contributed by atoms with Crippen molar-refractivity contribution >= 4 is 29.1 Å². The highest BCUT2D eigenvalue weighted by Crippen LogP contribution is 2.15. The number of carbonyl (C=O) groups is 2. The molecule has 0 fully saturated rings. The fraction of sp³-hybridized carbons (Fsp3) is 0.267. The lowest BCUT2D eigenvalue weighted by molar-refractivity contribution is -0.137. The van der Waals surface area contributed by atoms with Gasteiger partial charge in [-0.05, 0) is 19.1 Å². The summed E-state index contributed by atoms with van der Waals surface area (Å²) in [5.74, 6) is -0.843. The van der Waals surface area contributed by atoms with Gasteiger partial charge >= 0.3 is 5.97 Å². The summed E-state index contributed by atoms with van der Waals surface area (Å²) in [4.78, 5) is 28.2. The van der Waals surface area contributed by atoms with Crippen molar-refractivity contribution < 1.29 is 19.1 Å². The lowest BCUT2D eigenvalue weighted by atomic mass is 10.3. The van der Waals surface area contributed by atoms with Crippen molar-refractivity contribution in [2.24, 2.45) is 0 Å². The topological polar surface area (TPSA) is 83.6 Å². The maximum Gasteiger partial charge on any atom is 0.305 e. The maximum absolute atomic E-state index is 12.0. The number of carboxylic acids is 1. The fourth-order valence-corrected chi connectivity index (χ4v) is 1.86. The molecule has 2 rings (SSSR count). The zero-order valence-electron chi connectivity index (χ0n) is 11.7. The SMILES string of the molecule is CCN(CCC(=O)O)C(=O)/C=C/c1nc2ccccc2o1. The van der Waals surface area contributed by atoms with Crippen LogP contribution in [0.5, 0.6) is 0 Å². The summed E-state index contributed by atoms with van der Waals surface area (Å²) in [5, 5.41) is 8.65. The highest BCUT2D eigenvalue weighted by atomic mass is 16.4. The Kier molecular flexibility index (Phi) is 4.71. The third kappa shape index (κ3) is 3.92. The highest BCUT2D eigenvalue weighted by molar-refractivity contribution is 5.91. The van der Waals surface area contributed by atoms with Crippen molar-refractivity contribution in [3.05, 3.63) is 36.2 Å². The monoisotopic (exact) mass is 288 g/mol. The second kappa shape index (κ2) is 6.69. The summed E-state index contributed by atoms with van der Waals surface area (Å²) in [6.45, 7) is 2.43. The molecule has 6 heteroatoms. The summed E-state index contributed by atoms with van der Waals surface area (Å²) in [7, 11) is 0. The normalized spacial score (nSPS) is 11.1. The number of nitrogens with zero attached hydrogens (tertiary/aromatic N) is 2. The van der Waals surface area contributed by atoms with Crippen molar-refractivity contribution in [1.82, 2.24) is 9.88 Å². The summed E-state index contributed by atoms with van der Waals surface area (Å²) >= 11 is 0. The Balaban J connectivity index is 2.04. The quantitative estimate of drug-likeness (QED) is 0.823. The molecule has 0 aliphatic heterocycles. The second-order valence-corrected chi connectivity index (χ2v) is 4.41. The standard InChI is InChI=1S/C15H16N2O4/c1-2-17(10-9-15(19)20)14(18)8-7-13-16-11-5-3-4-6-12(11)21-13/h3-8H,2,9-10H2,1H3,(H,19,20)/b8-7+. The average Bonchev–Trinajstić information content (AvgIpc) is 2.88. The summed E-state index contributed by atoms with van der Waals surface area (Å²) in [5.41, 5.74) is 1.38. The van der Waals surface area contributed by atoms with Crippen LogP contribution in [0.15, 0.2) is 34.8 Å². The van der Waals surface area contributed by atoms with Crippen LogP contribution >= 0.6 is 0 Å². The minimum atomic E-state index is -0.927. The Morgan fingerprint density at radius 3 is 2.81 bits per heavy atom. The van der Waals surface area contributed by atoms with E-state index in [1.54, 1.807) is 13.0 Å². The smallest absolute Gasteiger partial charge is 0.305 e. The van der Waals surface area contributed by atoms with Gasteiger partial charge in [0.2, 0.25) is 11.8 Å². The Labute approximate surface area is 121 Å². The molecular weight excluding hydrogens is 272 g/mol. The van der Waals surface area contributed by atoms with Crippen molar-refractivity contribution in [2.45, 2.75) is 13.3 Å². The van der Waals surface area contributed by atoms with Crippen LogP contribution in [0.1, 0.15) is 19.2 Å². The van der Waals surface area contributed by atoms with E-state index < -0.39 is 5.97 Å². The molecule has 0 bridgehead atoms. The molecule has 0 spiro atoms. The minimum absolute atomic E-state index is 0.0731. The number of amides is 1. The zero-order chi connectivity index (χ0) is 15.2. The first-order chi connectivity index (χ1) is 10.1. The van der Waals surface area contributed by atoms with E-state index in [0.717, 1.165) is 5.52 Å². The molecule has 0 saturated heterocycles. The molecule has 0 unspecified atom stereocenters. The fourth-order valence-electron chi connectivity index (χ4n) is 1.86.